The molecule has 17 heavy (non-hydrogen) atoms. The molecule has 0 fully saturated rings. The van der Waals surface area contributed by atoms with Gasteiger partial charge in [-0.15, -0.1) is 11.8 Å². The Labute approximate surface area is 109 Å². The van der Waals surface area contributed by atoms with Crippen molar-refractivity contribution < 1.29 is 5.11 Å². The van der Waals surface area contributed by atoms with Crippen molar-refractivity contribution in [2.75, 3.05) is 18.6 Å². The van der Waals surface area contributed by atoms with Crippen molar-refractivity contribution in [3.63, 3.8) is 0 Å². The molecule has 3 heteroatoms. The zero-order chi connectivity index (χ0) is 13.1. The maximum absolute atomic E-state index is 9.35. The first kappa shape index (κ1) is 14.4. The van der Waals surface area contributed by atoms with Crippen molar-refractivity contribution in [2.45, 2.75) is 43.4 Å². The van der Waals surface area contributed by atoms with Gasteiger partial charge in [-0.05, 0) is 38.1 Å². The molecule has 1 aromatic carbocycles. The van der Waals surface area contributed by atoms with Gasteiger partial charge < -0.3 is 10.0 Å². The predicted octanol–water partition coefficient (Wildman–Crippen LogP) is 3.39. The van der Waals surface area contributed by atoms with Crippen molar-refractivity contribution >= 4 is 17.4 Å². The Morgan fingerprint density at radius 2 is 1.76 bits per heavy atom. The van der Waals surface area contributed by atoms with Gasteiger partial charge in [-0.2, -0.15) is 0 Å². The van der Waals surface area contributed by atoms with E-state index in [0.29, 0.717) is 5.25 Å². The number of likely N-dealkylation sites (N-methyl/N-ethyl adjacent to an activating group) is 1. The van der Waals surface area contributed by atoms with Gasteiger partial charge in [-0.1, -0.05) is 13.8 Å². The van der Waals surface area contributed by atoms with E-state index in [9.17, 15) is 5.11 Å². The molecule has 0 aromatic heterocycles. The zero-order valence-electron chi connectivity index (χ0n) is 11.4. The number of aliphatic hydroxyl groups excluding tert-OH is 1. The molecule has 0 bridgehead atoms. The SMILES string of the molecule is CC(C)Sc1ccc(N(C)C(C)(C)CO)cc1. The van der Waals surface area contributed by atoms with Gasteiger partial charge in [0.1, 0.15) is 0 Å². The summed E-state index contributed by atoms with van der Waals surface area (Å²) in [5.74, 6) is 0. The summed E-state index contributed by atoms with van der Waals surface area (Å²) in [5, 5.41) is 9.96. The van der Waals surface area contributed by atoms with Crippen molar-refractivity contribution in [1.29, 1.82) is 0 Å². The molecule has 1 N–H and O–H groups in total. The van der Waals surface area contributed by atoms with Crippen molar-refractivity contribution in [3.8, 4) is 0 Å². The van der Waals surface area contributed by atoms with Crippen LogP contribution in [0.4, 0.5) is 5.69 Å². The second-order valence-electron chi connectivity index (χ2n) is 5.19. The fourth-order valence-electron chi connectivity index (χ4n) is 1.48. The predicted molar refractivity (Wildman–Crippen MR) is 77.0 cm³/mol. The summed E-state index contributed by atoms with van der Waals surface area (Å²) in [6.45, 7) is 8.60. The Bertz CT molecular complexity index is 346. The third kappa shape index (κ3) is 3.93. The van der Waals surface area contributed by atoms with Crippen molar-refractivity contribution in [3.05, 3.63) is 24.3 Å². The Balaban J connectivity index is 2.80. The fraction of sp³-hybridized carbons (Fsp3) is 0.571. The largest absolute Gasteiger partial charge is 0.394 e. The molecular formula is C14H23NOS. The van der Waals surface area contributed by atoms with Crippen LogP contribution in [-0.4, -0.2) is 29.5 Å². The highest BCUT2D eigenvalue weighted by molar-refractivity contribution is 7.99. The van der Waals surface area contributed by atoms with E-state index < -0.39 is 0 Å². The van der Waals surface area contributed by atoms with Crippen LogP contribution >= 0.6 is 11.8 Å². The summed E-state index contributed by atoms with van der Waals surface area (Å²) in [6, 6.07) is 8.51. The average molecular weight is 253 g/mol. The standard InChI is InChI=1S/C14H23NOS/c1-11(2)17-13-8-6-12(7-9-13)15(5)14(3,4)10-16/h6-9,11,16H,10H2,1-5H3. The first-order valence-electron chi connectivity index (χ1n) is 5.98. The summed E-state index contributed by atoms with van der Waals surface area (Å²) in [6.07, 6.45) is 0. The number of thioether (sulfide) groups is 1. The van der Waals surface area contributed by atoms with E-state index in [1.54, 1.807) is 0 Å². The molecule has 0 amide bonds. The molecule has 0 saturated heterocycles. The summed E-state index contributed by atoms with van der Waals surface area (Å²) in [5.41, 5.74) is 0.907. The lowest BCUT2D eigenvalue weighted by molar-refractivity contribution is 0.216. The lowest BCUT2D eigenvalue weighted by atomic mass is 10.0. The van der Waals surface area contributed by atoms with Crippen LogP contribution in [0.5, 0.6) is 0 Å². The van der Waals surface area contributed by atoms with Crippen LogP contribution in [0, 0.1) is 0 Å². The van der Waals surface area contributed by atoms with Gasteiger partial charge in [0.05, 0.1) is 12.1 Å². The maximum Gasteiger partial charge on any atom is 0.0658 e. The van der Waals surface area contributed by atoms with Gasteiger partial charge in [0.25, 0.3) is 0 Å². The maximum atomic E-state index is 9.35. The molecule has 1 rings (SSSR count). The van der Waals surface area contributed by atoms with Gasteiger partial charge in [0.2, 0.25) is 0 Å². The van der Waals surface area contributed by atoms with Crippen LogP contribution in [-0.2, 0) is 0 Å². The molecule has 0 saturated carbocycles. The second-order valence-corrected chi connectivity index (χ2v) is 6.84. The molecule has 0 aliphatic rings. The minimum absolute atomic E-state index is 0.145. The summed E-state index contributed by atoms with van der Waals surface area (Å²) in [7, 11) is 2.01. The van der Waals surface area contributed by atoms with Crippen LogP contribution in [0.1, 0.15) is 27.7 Å². The molecule has 0 aliphatic heterocycles. The average Bonchev–Trinajstić information content (AvgIpc) is 2.28. The van der Waals surface area contributed by atoms with Gasteiger partial charge in [0.15, 0.2) is 0 Å². The third-order valence-corrected chi connectivity index (χ3v) is 3.91. The highest BCUT2D eigenvalue weighted by atomic mass is 32.2. The van der Waals surface area contributed by atoms with E-state index in [0.717, 1.165) is 5.69 Å². The monoisotopic (exact) mass is 253 g/mol. The second kappa shape index (κ2) is 5.78. The summed E-state index contributed by atoms with van der Waals surface area (Å²) < 4.78 is 0. The fourth-order valence-corrected chi connectivity index (χ4v) is 2.31. The molecular weight excluding hydrogens is 230 g/mol. The topological polar surface area (TPSA) is 23.5 Å². The van der Waals surface area contributed by atoms with Crippen molar-refractivity contribution in [2.24, 2.45) is 0 Å². The van der Waals surface area contributed by atoms with Crippen LogP contribution in [0.2, 0.25) is 0 Å². The molecule has 0 radical (unpaired) electrons. The van der Waals surface area contributed by atoms with E-state index in [1.807, 2.05) is 32.7 Å². The molecule has 2 nitrogen and oxygen atoms in total. The zero-order valence-corrected chi connectivity index (χ0v) is 12.2. The van der Waals surface area contributed by atoms with Gasteiger partial charge in [-0.25, -0.2) is 0 Å². The number of nitrogens with zero attached hydrogens (tertiary/aromatic N) is 1. The minimum atomic E-state index is -0.229. The van der Waals surface area contributed by atoms with E-state index >= 15 is 0 Å². The highest BCUT2D eigenvalue weighted by Gasteiger charge is 2.22. The molecule has 0 aliphatic carbocycles. The first-order chi connectivity index (χ1) is 7.86. The van der Waals surface area contributed by atoms with Crippen molar-refractivity contribution in [1.82, 2.24) is 0 Å². The minimum Gasteiger partial charge on any atom is -0.394 e. The Morgan fingerprint density at radius 3 is 2.18 bits per heavy atom. The van der Waals surface area contributed by atoms with Crippen LogP contribution in [0.3, 0.4) is 0 Å². The molecule has 0 unspecified atom stereocenters. The number of hydrogen-bond donors (Lipinski definition) is 1. The number of rotatable bonds is 5. The van der Waals surface area contributed by atoms with Gasteiger partial charge >= 0.3 is 0 Å². The lowest BCUT2D eigenvalue weighted by Crippen LogP contribution is -2.44. The molecule has 0 atom stereocenters. The smallest absolute Gasteiger partial charge is 0.0658 e. The van der Waals surface area contributed by atoms with Crippen LogP contribution in [0.15, 0.2) is 29.2 Å². The van der Waals surface area contributed by atoms with E-state index in [4.69, 9.17) is 0 Å². The molecule has 96 valence electrons. The van der Waals surface area contributed by atoms with Crippen LogP contribution in [0.25, 0.3) is 0 Å². The van der Waals surface area contributed by atoms with Gasteiger partial charge in [0, 0.05) is 22.9 Å². The first-order valence-corrected chi connectivity index (χ1v) is 6.86. The molecule has 1 aromatic rings. The molecule has 0 heterocycles. The number of benzene rings is 1. The Hall–Kier alpha value is -0.670. The van der Waals surface area contributed by atoms with E-state index in [-0.39, 0.29) is 12.1 Å². The van der Waals surface area contributed by atoms with Crippen LogP contribution < -0.4 is 4.90 Å². The summed E-state index contributed by atoms with van der Waals surface area (Å²) in [4.78, 5) is 3.40. The molecule has 0 spiro atoms. The Morgan fingerprint density at radius 1 is 1.24 bits per heavy atom. The van der Waals surface area contributed by atoms with Gasteiger partial charge in [-0.3, -0.25) is 0 Å². The number of anilines is 1. The van der Waals surface area contributed by atoms with E-state index in [1.165, 1.54) is 4.90 Å². The number of aliphatic hydroxyl groups is 1. The number of hydrogen-bond acceptors (Lipinski definition) is 3. The summed E-state index contributed by atoms with van der Waals surface area (Å²) >= 11 is 1.86. The normalized spacial score (nSPS) is 11.9. The Kier molecular flexibility index (Phi) is 4.90. The van der Waals surface area contributed by atoms with E-state index in [2.05, 4.69) is 43.0 Å². The third-order valence-electron chi connectivity index (χ3n) is 2.89. The lowest BCUT2D eigenvalue weighted by Gasteiger charge is -2.36. The highest BCUT2D eigenvalue weighted by Crippen LogP contribution is 2.27. The quantitative estimate of drug-likeness (QED) is 0.814.